The normalized spacial score (nSPS) is 18.9. The lowest BCUT2D eigenvalue weighted by Crippen LogP contribution is -2.50. The Morgan fingerprint density at radius 2 is 1.88 bits per heavy atom. The SMILES string of the molecule is C[C@@H]1CN(C)CCN1c1ccc(-c2cnc(N)c(-c3ccc4c(c3)CCNC4=O)n2)cc1. The zero-order valence-electron chi connectivity index (χ0n) is 18.5. The maximum absolute atomic E-state index is 12.0. The van der Waals surface area contributed by atoms with Crippen LogP contribution in [-0.4, -0.2) is 60.0 Å². The molecule has 0 unspecified atom stereocenters. The highest BCUT2D eigenvalue weighted by Gasteiger charge is 2.22. The highest BCUT2D eigenvalue weighted by Crippen LogP contribution is 2.30. The second-order valence-electron chi connectivity index (χ2n) is 8.72. The number of nitrogens with one attached hydrogen (secondary N) is 1. The van der Waals surface area contributed by atoms with Gasteiger partial charge in [-0.1, -0.05) is 18.2 Å². The number of carbonyl (C=O) groups excluding carboxylic acids is 1. The van der Waals surface area contributed by atoms with E-state index in [0.29, 0.717) is 24.1 Å². The van der Waals surface area contributed by atoms with Gasteiger partial charge in [0.1, 0.15) is 11.5 Å². The lowest BCUT2D eigenvalue weighted by atomic mass is 9.96. The van der Waals surface area contributed by atoms with E-state index in [1.165, 1.54) is 5.69 Å². The Balaban J connectivity index is 1.44. The first kappa shape index (κ1) is 20.5. The number of hydrogen-bond acceptors (Lipinski definition) is 6. The molecule has 0 radical (unpaired) electrons. The quantitative estimate of drug-likeness (QED) is 0.667. The minimum absolute atomic E-state index is 0.0274. The first-order valence-electron chi connectivity index (χ1n) is 11.1. The number of nitrogens with zero attached hydrogens (tertiary/aromatic N) is 4. The van der Waals surface area contributed by atoms with Crippen molar-refractivity contribution >= 4 is 17.4 Å². The fourth-order valence-electron chi connectivity index (χ4n) is 4.67. The van der Waals surface area contributed by atoms with Crippen molar-refractivity contribution in [3.63, 3.8) is 0 Å². The molecular formula is C25H28N6O. The van der Waals surface area contributed by atoms with E-state index in [-0.39, 0.29) is 5.91 Å². The molecule has 3 N–H and O–H groups in total. The molecule has 0 aliphatic carbocycles. The maximum Gasteiger partial charge on any atom is 0.251 e. The second kappa shape index (κ2) is 8.24. The van der Waals surface area contributed by atoms with E-state index < -0.39 is 0 Å². The summed E-state index contributed by atoms with van der Waals surface area (Å²) in [6.07, 6.45) is 2.52. The highest BCUT2D eigenvalue weighted by molar-refractivity contribution is 5.97. The van der Waals surface area contributed by atoms with Gasteiger partial charge in [0.25, 0.3) is 5.91 Å². The molecular weight excluding hydrogens is 400 g/mol. The Bertz CT molecular complexity index is 1160. The predicted octanol–water partition coefficient (Wildman–Crippen LogP) is 2.82. The number of fused-ring (bicyclic) bond motifs is 1. The van der Waals surface area contributed by atoms with E-state index in [0.717, 1.165) is 54.0 Å². The van der Waals surface area contributed by atoms with Crippen molar-refractivity contribution in [2.75, 3.05) is 43.9 Å². The number of benzene rings is 2. The van der Waals surface area contributed by atoms with Crippen LogP contribution in [0.1, 0.15) is 22.8 Å². The van der Waals surface area contributed by atoms with Crippen LogP contribution in [-0.2, 0) is 6.42 Å². The van der Waals surface area contributed by atoms with Gasteiger partial charge in [-0.3, -0.25) is 4.79 Å². The summed E-state index contributed by atoms with van der Waals surface area (Å²) >= 11 is 0. The van der Waals surface area contributed by atoms with Gasteiger partial charge in [-0.25, -0.2) is 9.97 Å². The fraction of sp³-hybridized carbons (Fsp3) is 0.320. The number of carbonyl (C=O) groups is 1. The van der Waals surface area contributed by atoms with Crippen LogP contribution >= 0.6 is 0 Å². The molecule has 32 heavy (non-hydrogen) atoms. The Labute approximate surface area is 188 Å². The van der Waals surface area contributed by atoms with Gasteiger partial charge in [0, 0.05) is 54.6 Å². The lowest BCUT2D eigenvalue weighted by molar-refractivity contribution is 0.0946. The van der Waals surface area contributed by atoms with Gasteiger partial charge in [0.15, 0.2) is 0 Å². The molecule has 7 heteroatoms. The number of aromatic nitrogens is 2. The molecule has 1 atom stereocenters. The van der Waals surface area contributed by atoms with E-state index >= 15 is 0 Å². The van der Waals surface area contributed by atoms with Gasteiger partial charge in [-0.05, 0) is 50.2 Å². The summed E-state index contributed by atoms with van der Waals surface area (Å²) in [5.41, 5.74) is 12.5. The summed E-state index contributed by atoms with van der Waals surface area (Å²) in [5.74, 6) is 0.359. The monoisotopic (exact) mass is 428 g/mol. The third-order valence-corrected chi connectivity index (χ3v) is 6.43. The van der Waals surface area contributed by atoms with E-state index in [2.05, 4.69) is 58.3 Å². The summed E-state index contributed by atoms with van der Waals surface area (Å²) in [4.78, 5) is 26.1. The van der Waals surface area contributed by atoms with Crippen LogP contribution in [0.4, 0.5) is 11.5 Å². The number of hydrogen-bond donors (Lipinski definition) is 2. The molecule has 7 nitrogen and oxygen atoms in total. The third kappa shape index (κ3) is 3.80. The van der Waals surface area contributed by atoms with Crippen LogP contribution in [0.25, 0.3) is 22.5 Å². The lowest BCUT2D eigenvalue weighted by Gasteiger charge is -2.39. The molecule has 2 aromatic carbocycles. The average molecular weight is 429 g/mol. The topological polar surface area (TPSA) is 87.4 Å². The predicted molar refractivity (Wildman–Crippen MR) is 128 cm³/mol. The highest BCUT2D eigenvalue weighted by atomic mass is 16.1. The van der Waals surface area contributed by atoms with E-state index in [1.807, 2.05) is 18.2 Å². The molecule has 2 aliphatic heterocycles. The second-order valence-corrected chi connectivity index (χ2v) is 8.72. The van der Waals surface area contributed by atoms with Crippen molar-refractivity contribution < 1.29 is 4.79 Å². The zero-order chi connectivity index (χ0) is 22.2. The Kier molecular flexibility index (Phi) is 5.27. The molecule has 0 saturated carbocycles. The van der Waals surface area contributed by atoms with Crippen LogP contribution in [0.3, 0.4) is 0 Å². The van der Waals surface area contributed by atoms with Gasteiger partial charge in [0.2, 0.25) is 0 Å². The Morgan fingerprint density at radius 3 is 2.66 bits per heavy atom. The smallest absolute Gasteiger partial charge is 0.251 e. The molecule has 3 heterocycles. The summed E-state index contributed by atoms with van der Waals surface area (Å²) in [6, 6.07) is 14.7. The first-order chi connectivity index (χ1) is 15.5. The molecule has 1 fully saturated rings. The van der Waals surface area contributed by atoms with Crippen molar-refractivity contribution in [2.45, 2.75) is 19.4 Å². The molecule has 0 spiro atoms. The molecule has 3 aromatic rings. The number of nitrogens with two attached hydrogens (primary N) is 1. The molecule has 1 aromatic heterocycles. The summed E-state index contributed by atoms with van der Waals surface area (Å²) in [6.45, 7) is 6.08. The van der Waals surface area contributed by atoms with Crippen molar-refractivity contribution in [1.82, 2.24) is 20.2 Å². The van der Waals surface area contributed by atoms with Crippen molar-refractivity contribution in [3.8, 4) is 22.5 Å². The van der Waals surface area contributed by atoms with Crippen LogP contribution in [0.2, 0.25) is 0 Å². The summed E-state index contributed by atoms with van der Waals surface area (Å²) < 4.78 is 0. The fourth-order valence-corrected chi connectivity index (χ4v) is 4.67. The van der Waals surface area contributed by atoms with E-state index in [1.54, 1.807) is 6.20 Å². The Hall–Kier alpha value is -3.45. The molecule has 1 saturated heterocycles. The van der Waals surface area contributed by atoms with Gasteiger partial charge >= 0.3 is 0 Å². The van der Waals surface area contributed by atoms with Crippen molar-refractivity contribution in [2.24, 2.45) is 0 Å². The van der Waals surface area contributed by atoms with Crippen LogP contribution in [0, 0.1) is 0 Å². The number of piperazine rings is 1. The number of rotatable bonds is 3. The molecule has 5 rings (SSSR count). The number of likely N-dealkylation sites (N-methyl/N-ethyl adjacent to an activating group) is 1. The van der Waals surface area contributed by atoms with Gasteiger partial charge in [-0.2, -0.15) is 0 Å². The summed E-state index contributed by atoms with van der Waals surface area (Å²) in [7, 11) is 2.17. The van der Waals surface area contributed by atoms with Crippen LogP contribution in [0.5, 0.6) is 0 Å². The van der Waals surface area contributed by atoms with Gasteiger partial charge in [0.05, 0.1) is 11.9 Å². The van der Waals surface area contributed by atoms with E-state index in [9.17, 15) is 4.79 Å². The maximum atomic E-state index is 12.0. The Morgan fingerprint density at radius 1 is 1.09 bits per heavy atom. The van der Waals surface area contributed by atoms with Crippen molar-refractivity contribution in [3.05, 3.63) is 59.8 Å². The van der Waals surface area contributed by atoms with Gasteiger partial charge in [-0.15, -0.1) is 0 Å². The van der Waals surface area contributed by atoms with Crippen LogP contribution < -0.4 is 16.0 Å². The molecule has 1 amide bonds. The molecule has 164 valence electrons. The first-order valence-corrected chi connectivity index (χ1v) is 11.1. The molecule has 2 aliphatic rings. The largest absolute Gasteiger partial charge is 0.382 e. The van der Waals surface area contributed by atoms with Gasteiger partial charge < -0.3 is 20.9 Å². The number of anilines is 2. The standard InChI is InChI=1S/C25H28N6O/c1-16-15-30(2)11-12-31(16)20-6-3-17(4-7-20)22-14-28-24(26)23(29-22)19-5-8-21-18(13-19)9-10-27-25(21)32/h3-8,13-14,16H,9-12,15H2,1-2H3,(H2,26,28)(H,27,32)/t16-/m1/s1. The zero-order valence-corrected chi connectivity index (χ0v) is 18.5. The average Bonchev–Trinajstić information content (AvgIpc) is 2.80. The summed E-state index contributed by atoms with van der Waals surface area (Å²) in [5, 5.41) is 2.88. The van der Waals surface area contributed by atoms with E-state index in [4.69, 9.17) is 10.7 Å². The van der Waals surface area contributed by atoms with Crippen molar-refractivity contribution in [1.29, 1.82) is 0 Å². The third-order valence-electron chi connectivity index (χ3n) is 6.43. The molecule has 0 bridgehead atoms. The minimum atomic E-state index is -0.0274. The number of amides is 1. The number of nitrogen functional groups attached to an aromatic ring is 1. The van der Waals surface area contributed by atoms with Crippen LogP contribution in [0.15, 0.2) is 48.7 Å². The minimum Gasteiger partial charge on any atom is -0.382 e.